The summed E-state index contributed by atoms with van der Waals surface area (Å²) in [6, 6.07) is 0.133. The van der Waals surface area contributed by atoms with Gasteiger partial charge in [0, 0.05) is 29.6 Å². The lowest BCUT2D eigenvalue weighted by atomic mass is 10.1. The molecule has 0 spiro atoms. The number of nitrogens with two attached hydrogens (primary N) is 2. The molecule has 200 valence electrons. The maximum atomic E-state index is 14.4. The minimum Gasteiger partial charge on any atom is -0.453 e. The van der Waals surface area contributed by atoms with Crippen molar-refractivity contribution in [3.63, 3.8) is 0 Å². The molecule has 4 N–H and O–H groups in total. The van der Waals surface area contributed by atoms with E-state index in [1.54, 1.807) is 0 Å². The van der Waals surface area contributed by atoms with Crippen LogP contribution in [0.4, 0.5) is 64.1 Å². The number of rotatable bonds is 4. The number of nitrogen functional groups attached to an aromatic ring is 2. The van der Waals surface area contributed by atoms with Crippen molar-refractivity contribution in [2.45, 2.75) is 18.5 Å². The van der Waals surface area contributed by atoms with E-state index >= 15 is 0 Å². The average molecular weight is 550 g/mol. The van der Waals surface area contributed by atoms with Crippen LogP contribution in [0.15, 0.2) is 36.4 Å². The quantitative estimate of drug-likeness (QED) is 0.256. The molecule has 16 heteroatoms. The number of hydrogen-bond donors (Lipinski definition) is 2. The smallest absolute Gasteiger partial charge is 0.420 e. The highest BCUT2D eigenvalue weighted by atomic mass is 19.4. The van der Waals surface area contributed by atoms with Gasteiger partial charge in [0.1, 0.15) is 11.3 Å². The zero-order valence-corrected chi connectivity index (χ0v) is 17.5. The lowest BCUT2D eigenvalue weighted by Gasteiger charge is -2.18. The Bertz CT molecular complexity index is 1350. The largest absolute Gasteiger partial charge is 0.453 e. The van der Waals surface area contributed by atoms with Gasteiger partial charge in [0.2, 0.25) is 0 Å². The molecule has 0 aliphatic rings. The molecule has 0 heterocycles. The topological polar surface area (TPSA) is 70.5 Å². The Balaban J connectivity index is 2.09. The first-order valence-electron chi connectivity index (χ1n) is 9.38. The molecular formula is C21H10F12N2O2. The molecule has 0 aliphatic heterocycles. The van der Waals surface area contributed by atoms with Crippen LogP contribution >= 0.6 is 0 Å². The highest BCUT2D eigenvalue weighted by Gasteiger charge is 2.38. The molecule has 37 heavy (non-hydrogen) atoms. The molecule has 0 bridgehead atoms. The number of benzene rings is 3. The summed E-state index contributed by atoms with van der Waals surface area (Å²) in [5, 5.41) is 0. The summed E-state index contributed by atoms with van der Waals surface area (Å²) in [6.45, 7) is 0. The first kappa shape index (κ1) is 27.6. The number of ether oxygens (including phenoxy) is 2. The summed E-state index contributed by atoms with van der Waals surface area (Å²) in [5.74, 6) is -10.4. The van der Waals surface area contributed by atoms with Crippen LogP contribution in [0.1, 0.15) is 16.7 Å². The van der Waals surface area contributed by atoms with Gasteiger partial charge in [-0.15, -0.1) is 0 Å². The van der Waals surface area contributed by atoms with Crippen molar-refractivity contribution in [1.82, 2.24) is 0 Å². The zero-order chi connectivity index (χ0) is 28.1. The molecule has 0 fully saturated rings. The molecule has 4 nitrogen and oxygen atoms in total. The maximum absolute atomic E-state index is 14.4. The molecule has 0 radical (unpaired) electrons. The second kappa shape index (κ2) is 9.15. The monoisotopic (exact) mass is 550 g/mol. The van der Waals surface area contributed by atoms with Gasteiger partial charge >= 0.3 is 18.5 Å². The van der Waals surface area contributed by atoms with Gasteiger partial charge in [-0.05, 0) is 18.2 Å². The predicted molar refractivity (Wildman–Crippen MR) is 103 cm³/mol. The van der Waals surface area contributed by atoms with Gasteiger partial charge in [0.25, 0.3) is 0 Å². The van der Waals surface area contributed by atoms with E-state index in [0.29, 0.717) is 0 Å². The summed E-state index contributed by atoms with van der Waals surface area (Å²) in [5.41, 5.74) is 2.98. The Morgan fingerprint density at radius 2 is 0.730 bits per heavy atom. The Morgan fingerprint density at radius 3 is 1.08 bits per heavy atom. The molecule has 3 rings (SSSR count). The van der Waals surface area contributed by atoms with Crippen molar-refractivity contribution < 1.29 is 62.2 Å². The van der Waals surface area contributed by atoms with Gasteiger partial charge in [0.15, 0.2) is 34.7 Å². The second-order valence-electron chi connectivity index (χ2n) is 7.22. The van der Waals surface area contributed by atoms with E-state index in [1.807, 2.05) is 0 Å². The fourth-order valence-corrected chi connectivity index (χ4v) is 2.94. The highest BCUT2D eigenvalue weighted by Crippen LogP contribution is 2.45. The standard InChI is InChI=1S/C21H10F12N2O2/c22-10-1-7(19(25,26)27)13(34)4-16(10)36-15-6-18(12(24)3-9(15)21(31,32)33)37-17-5-14(35)8(2-11(17)23)20(28,29)30/h1-6H,34-35H2. The van der Waals surface area contributed by atoms with Crippen LogP contribution in [0.5, 0.6) is 23.0 Å². The van der Waals surface area contributed by atoms with Gasteiger partial charge in [-0.2, -0.15) is 39.5 Å². The predicted octanol–water partition coefficient (Wildman–Crippen LogP) is 7.91. The SMILES string of the molecule is Nc1cc(Oc2cc(Oc3cc(N)c(C(F)(F)F)cc3F)c(C(F)(F)F)cc2F)c(F)cc1C(F)(F)F. The van der Waals surface area contributed by atoms with Gasteiger partial charge in [0.05, 0.1) is 11.1 Å². The minimum absolute atomic E-state index is 0.107. The number of alkyl halides is 9. The van der Waals surface area contributed by atoms with Crippen molar-refractivity contribution in [3.05, 3.63) is 70.5 Å². The molecular weight excluding hydrogens is 540 g/mol. The molecule has 0 aliphatic carbocycles. The summed E-state index contributed by atoms with van der Waals surface area (Å²) in [7, 11) is 0. The molecule has 0 saturated heterocycles. The van der Waals surface area contributed by atoms with Crippen LogP contribution < -0.4 is 20.9 Å². The third kappa shape index (κ3) is 5.89. The van der Waals surface area contributed by atoms with Crippen LogP contribution in [0.2, 0.25) is 0 Å². The zero-order valence-electron chi connectivity index (χ0n) is 17.5. The third-order valence-corrected chi connectivity index (χ3v) is 4.60. The van der Waals surface area contributed by atoms with Crippen molar-refractivity contribution in [1.29, 1.82) is 0 Å². The van der Waals surface area contributed by atoms with Crippen LogP contribution in [0.3, 0.4) is 0 Å². The maximum Gasteiger partial charge on any atom is 0.420 e. The number of anilines is 2. The van der Waals surface area contributed by atoms with E-state index in [4.69, 9.17) is 20.9 Å². The van der Waals surface area contributed by atoms with Crippen molar-refractivity contribution in [2.24, 2.45) is 0 Å². The lowest BCUT2D eigenvalue weighted by Crippen LogP contribution is -2.11. The van der Waals surface area contributed by atoms with Crippen molar-refractivity contribution in [3.8, 4) is 23.0 Å². The molecule has 0 atom stereocenters. The van der Waals surface area contributed by atoms with E-state index in [2.05, 4.69) is 0 Å². The van der Waals surface area contributed by atoms with Gasteiger partial charge in [-0.1, -0.05) is 0 Å². The fraction of sp³-hybridized carbons (Fsp3) is 0.143. The molecule has 0 amide bonds. The van der Waals surface area contributed by atoms with Crippen LogP contribution in [-0.2, 0) is 18.5 Å². The average Bonchev–Trinajstić information content (AvgIpc) is 2.72. The van der Waals surface area contributed by atoms with Crippen LogP contribution in [0, 0.1) is 17.5 Å². The first-order valence-corrected chi connectivity index (χ1v) is 9.38. The Labute approximate surface area is 198 Å². The van der Waals surface area contributed by atoms with Gasteiger partial charge in [-0.3, -0.25) is 0 Å². The molecule has 0 saturated carbocycles. The number of hydrogen-bond acceptors (Lipinski definition) is 4. The van der Waals surface area contributed by atoms with E-state index in [1.165, 1.54) is 0 Å². The molecule has 3 aromatic rings. The summed E-state index contributed by atoms with van der Waals surface area (Å²) < 4.78 is 170. The van der Waals surface area contributed by atoms with E-state index in [0.717, 1.165) is 0 Å². The third-order valence-electron chi connectivity index (χ3n) is 4.60. The van der Waals surface area contributed by atoms with Crippen molar-refractivity contribution in [2.75, 3.05) is 11.5 Å². The summed E-state index contributed by atoms with van der Waals surface area (Å²) in [6.07, 6.45) is -15.6. The molecule has 3 aromatic carbocycles. The Hall–Kier alpha value is -3.98. The molecule has 0 aromatic heterocycles. The van der Waals surface area contributed by atoms with Crippen molar-refractivity contribution >= 4 is 11.4 Å². The van der Waals surface area contributed by atoms with E-state index in [-0.39, 0.29) is 36.4 Å². The van der Waals surface area contributed by atoms with Gasteiger partial charge in [-0.25, -0.2) is 13.2 Å². The highest BCUT2D eigenvalue weighted by molar-refractivity contribution is 5.57. The second-order valence-corrected chi connectivity index (χ2v) is 7.22. The fourth-order valence-electron chi connectivity index (χ4n) is 2.94. The van der Waals surface area contributed by atoms with Crippen LogP contribution in [-0.4, -0.2) is 0 Å². The molecule has 0 unspecified atom stereocenters. The van der Waals surface area contributed by atoms with E-state index < -0.39 is 87.0 Å². The summed E-state index contributed by atoms with van der Waals surface area (Å²) >= 11 is 0. The summed E-state index contributed by atoms with van der Waals surface area (Å²) in [4.78, 5) is 0. The normalized spacial score (nSPS) is 12.5. The van der Waals surface area contributed by atoms with E-state index in [9.17, 15) is 52.7 Å². The Morgan fingerprint density at radius 1 is 0.432 bits per heavy atom. The minimum atomic E-state index is -5.37. The van der Waals surface area contributed by atoms with Gasteiger partial charge < -0.3 is 20.9 Å². The Kier molecular flexibility index (Phi) is 6.83. The number of halogens is 12. The lowest BCUT2D eigenvalue weighted by molar-refractivity contribution is -0.139. The van der Waals surface area contributed by atoms with Crippen LogP contribution in [0.25, 0.3) is 0 Å². The first-order chi connectivity index (χ1) is 16.8.